The molecule has 0 aromatic heterocycles. The Morgan fingerprint density at radius 3 is 2.60 bits per heavy atom. The summed E-state index contributed by atoms with van der Waals surface area (Å²) in [5, 5.41) is 3.34. The minimum absolute atomic E-state index is 0.117. The van der Waals surface area contributed by atoms with E-state index >= 15 is 0 Å². The van der Waals surface area contributed by atoms with Gasteiger partial charge in [-0.3, -0.25) is 0 Å². The van der Waals surface area contributed by atoms with Crippen LogP contribution in [0.15, 0.2) is 0 Å². The topological polar surface area (TPSA) is 52.7 Å². The van der Waals surface area contributed by atoms with Crippen LogP contribution in [0.1, 0.15) is 40.0 Å². The van der Waals surface area contributed by atoms with Crippen molar-refractivity contribution in [2.75, 3.05) is 39.3 Å². The Labute approximate surface area is 123 Å². The number of nitrogens with one attached hydrogen (secondary N) is 1. The number of rotatable bonds is 5. The summed E-state index contributed by atoms with van der Waals surface area (Å²) in [5.74, 6) is 0.453. The number of piperidine rings is 1. The van der Waals surface area contributed by atoms with Crippen LogP contribution in [0.25, 0.3) is 0 Å². The van der Waals surface area contributed by atoms with Crippen molar-refractivity contribution in [2.45, 2.75) is 40.0 Å². The summed E-state index contributed by atoms with van der Waals surface area (Å²) in [6.07, 6.45) is 3.07. The van der Waals surface area contributed by atoms with Gasteiger partial charge in [0.2, 0.25) is 0 Å². The second-order valence-electron chi connectivity index (χ2n) is 6.93. The van der Waals surface area contributed by atoms with E-state index in [4.69, 9.17) is 0 Å². The monoisotopic (exact) mass is 303 g/mol. The molecular weight excluding hydrogens is 274 g/mol. The van der Waals surface area contributed by atoms with E-state index in [0.29, 0.717) is 32.1 Å². The third-order valence-electron chi connectivity index (χ3n) is 4.46. The molecule has 6 heteroatoms. The summed E-state index contributed by atoms with van der Waals surface area (Å²) in [5.41, 5.74) is 0.117. The molecule has 20 heavy (non-hydrogen) atoms. The molecule has 0 radical (unpaired) electrons. The summed E-state index contributed by atoms with van der Waals surface area (Å²) in [6, 6.07) is 0. The van der Waals surface area contributed by atoms with Crippen LogP contribution in [0.4, 0.5) is 0 Å². The van der Waals surface area contributed by atoms with Gasteiger partial charge in [0.25, 0.3) is 10.2 Å². The molecule has 0 amide bonds. The molecule has 0 aromatic carbocycles. The van der Waals surface area contributed by atoms with Crippen molar-refractivity contribution in [3.8, 4) is 0 Å². The fourth-order valence-electron chi connectivity index (χ4n) is 3.17. The number of hydrogen-bond acceptors (Lipinski definition) is 3. The molecule has 2 aliphatic rings. The zero-order chi connectivity index (χ0) is 14.8. The largest absolute Gasteiger partial charge is 0.317 e. The molecular formula is C14H29N3O2S. The molecule has 0 spiro atoms. The van der Waals surface area contributed by atoms with Gasteiger partial charge in [-0.25, -0.2) is 0 Å². The number of nitrogens with zero attached hydrogens (tertiary/aromatic N) is 2. The number of hydrogen-bond donors (Lipinski definition) is 1. The van der Waals surface area contributed by atoms with E-state index in [1.165, 1.54) is 0 Å². The third kappa shape index (κ3) is 3.72. The second kappa shape index (κ2) is 6.30. The van der Waals surface area contributed by atoms with E-state index in [1.807, 2.05) is 0 Å². The quantitative estimate of drug-likeness (QED) is 0.832. The zero-order valence-electron chi connectivity index (χ0n) is 13.1. The zero-order valence-corrected chi connectivity index (χ0v) is 13.9. The van der Waals surface area contributed by atoms with Crippen molar-refractivity contribution < 1.29 is 8.42 Å². The van der Waals surface area contributed by atoms with Crippen LogP contribution in [0, 0.1) is 11.3 Å². The predicted molar refractivity (Wildman–Crippen MR) is 81.7 cm³/mol. The summed E-state index contributed by atoms with van der Waals surface area (Å²) in [7, 11) is -3.25. The highest BCUT2D eigenvalue weighted by Gasteiger charge is 2.40. The van der Waals surface area contributed by atoms with E-state index in [9.17, 15) is 8.42 Å². The first-order valence-electron chi connectivity index (χ1n) is 7.81. The Bertz CT molecular complexity index is 422. The Morgan fingerprint density at radius 1 is 1.25 bits per heavy atom. The van der Waals surface area contributed by atoms with Crippen LogP contribution in [-0.2, 0) is 10.2 Å². The van der Waals surface area contributed by atoms with Gasteiger partial charge in [-0.2, -0.15) is 17.0 Å². The first-order valence-corrected chi connectivity index (χ1v) is 9.21. The summed E-state index contributed by atoms with van der Waals surface area (Å²) in [4.78, 5) is 0. The smallest absolute Gasteiger partial charge is 0.282 e. The van der Waals surface area contributed by atoms with E-state index in [0.717, 1.165) is 32.4 Å². The lowest BCUT2D eigenvalue weighted by Gasteiger charge is -2.34. The molecule has 0 aromatic rings. The maximum absolute atomic E-state index is 12.7. The lowest BCUT2D eigenvalue weighted by Crippen LogP contribution is -2.48. The predicted octanol–water partition coefficient (Wildman–Crippen LogP) is 1.28. The molecule has 1 atom stereocenters. The van der Waals surface area contributed by atoms with Crippen LogP contribution >= 0.6 is 0 Å². The molecule has 118 valence electrons. The van der Waals surface area contributed by atoms with Crippen molar-refractivity contribution >= 4 is 10.2 Å². The van der Waals surface area contributed by atoms with Gasteiger partial charge < -0.3 is 5.32 Å². The molecule has 2 rings (SSSR count). The van der Waals surface area contributed by atoms with Crippen molar-refractivity contribution in [2.24, 2.45) is 11.3 Å². The Balaban J connectivity index is 1.98. The molecule has 0 bridgehead atoms. The maximum atomic E-state index is 12.7. The maximum Gasteiger partial charge on any atom is 0.282 e. The van der Waals surface area contributed by atoms with Crippen molar-refractivity contribution in [1.82, 2.24) is 13.9 Å². The van der Waals surface area contributed by atoms with Gasteiger partial charge >= 0.3 is 0 Å². The van der Waals surface area contributed by atoms with Crippen molar-refractivity contribution in [1.29, 1.82) is 0 Å². The average molecular weight is 303 g/mol. The molecule has 2 fully saturated rings. The minimum Gasteiger partial charge on any atom is -0.317 e. The molecule has 0 saturated carbocycles. The second-order valence-corrected chi connectivity index (χ2v) is 8.86. The Morgan fingerprint density at radius 2 is 2.00 bits per heavy atom. The summed E-state index contributed by atoms with van der Waals surface area (Å²) >= 11 is 0. The third-order valence-corrected chi connectivity index (χ3v) is 6.41. The van der Waals surface area contributed by atoms with E-state index in [2.05, 4.69) is 26.1 Å². The minimum atomic E-state index is -3.25. The summed E-state index contributed by atoms with van der Waals surface area (Å²) in [6.45, 7) is 10.9. The van der Waals surface area contributed by atoms with Gasteiger partial charge in [0.15, 0.2) is 0 Å². The molecule has 2 aliphatic heterocycles. The van der Waals surface area contributed by atoms with Gasteiger partial charge in [-0.05, 0) is 43.7 Å². The van der Waals surface area contributed by atoms with Crippen LogP contribution in [0.5, 0.6) is 0 Å². The molecule has 1 N–H and O–H groups in total. The van der Waals surface area contributed by atoms with Gasteiger partial charge in [-0.15, -0.1) is 0 Å². The Hall–Kier alpha value is -0.170. The van der Waals surface area contributed by atoms with Gasteiger partial charge in [0, 0.05) is 26.2 Å². The van der Waals surface area contributed by atoms with Crippen LogP contribution in [-0.4, -0.2) is 56.3 Å². The molecule has 1 unspecified atom stereocenters. The fourth-order valence-corrected chi connectivity index (χ4v) is 5.09. The summed E-state index contributed by atoms with van der Waals surface area (Å²) < 4.78 is 28.8. The van der Waals surface area contributed by atoms with Crippen molar-refractivity contribution in [3.05, 3.63) is 0 Å². The van der Waals surface area contributed by atoms with Crippen LogP contribution in [0.3, 0.4) is 0 Å². The average Bonchev–Trinajstić information content (AvgIpc) is 2.78. The highest BCUT2D eigenvalue weighted by molar-refractivity contribution is 7.86. The molecule has 5 nitrogen and oxygen atoms in total. The highest BCUT2D eigenvalue weighted by atomic mass is 32.2. The molecule has 2 heterocycles. The standard InChI is InChI=1S/C14H29N3O2S/c1-4-15-10-13-6-5-8-16(11-13)20(18,19)17-9-7-14(2,3)12-17/h13,15H,4-12H2,1-3H3. The first-order chi connectivity index (χ1) is 9.35. The van der Waals surface area contributed by atoms with Gasteiger partial charge in [-0.1, -0.05) is 20.8 Å². The SMILES string of the molecule is CCNCC1CCCN(S(=O)(=O)N2CCC(C)(C)C2)C1. The lowest BCUT2D eigenvalue weighted by atomic mass is 9.93. The lowest BCUT2D eigenvalue weighted by molar-refractivity contribution is 0.244. The molecule has 2 saturated heterocycles. The van der Waals surface area contributed by atoms with Crippen LogP contribution in [0.2, 0.25) is 0 Å². The Kier molecular flexibility index (Phi) is 5.10. The van der Waals surface area contributed by atoms with E-state index in [-0.39, 0.29) is 5.41 Å². The van der Waals surface area contributed by atoms with Crippen molar-refractivity contribution in [3.63, 3.8) is 0 Å². The highest BCUT2D eigenvalue weighted by Crippen LogP contribution is 2.32. The van der Waals surface area contributed by atoms with Gasteiger partial charge in [0.1, 0.15) is 0 Å². The molecule has 0 aliphatic carbocycles. The normalized spacial score (nSPS) is 28.9. The van der Waals surface area contributed by atoms with E-state index < -0.39 is 10.2 Å². The fraction of sp³-hybridized carbons (Fsp3) is 1.00. The van der Waals surface area contributed by atoms with Gasteiger partial charge in [0.05, 0.1) is 0 Å². The van der Waals surface area contributed by atoms with Crippen LogP contribution < -0.4 is 5.32 Å². The van der Waals surface area contributed by atoms with E-state index in [1.54, 1.807) is 8.61 Å². The first kappa shape index (κ1) is 16.2.